The average molecular weight is 726 g/mol. The van der Waals surface area contributed by atoms with Crippen LogP contribution in [0.2, 0.25) is 10.0 Å². The number of nitrogens with one attached hydrogen (secondary N) is 3. The second-order valence-electron chi connectivity index (χ2n) is 9.18. The summed E-state index contributed by atoms with van der Waals surface area (Å²) in [5.41, 5.74) is 20.6. The SMILES string of the molecule is N#Cc1ccc(C(NS(=O)(=O)c2cc3c(Cl)c(OCCC[NH+]=C(N)N)c(OCCC[NH+]=C(N)N)c(Cl)c3s2)P(=O)([O-])[O-])cc1F. The molecule has 0 radical (unpaired) electrons. The number of nitrogens with zero attached hydrogens (tertiary/aromatic N) is 1. The summed E-state index contributed by atoms with van der Waals surface area (Å²) >= 11 is 13.9. The molecule has 0 bridgehead atoms. The van der Waals surface area contributed by atoms with Gasteiger partial charge in [0.25, 0.3) is 10.0 Å². The lowest BCUT2D eigenvalue weighted by molar-refractivity contribution is -0.460. The molecule has 0 aliphatic carbocycles. The molecule has 15 nitrogen and oxygen atoms in total. The van der Waals surface area contributed by atoms with Crippen LogP contribution in [0.15, 0.2) is 28.5 Å². The molecule has 2 aromatic carbocycles. The Bertz CT molecular complexity index is 1750. The number of hydrogen-bond donors (Lipinski definition) is 7. The molecule has 3 rings (SSSR count). The molecule has 11 N–H and O–H groups in total. The van der Waals surface area contributed by atoms with Gasteiger partial charge in [0.1, 0.15) is 21.1 Å². The fourth-order valence-corrected chi connectivity index (χ4v) is 8.43. The molecule has 0 amide bonds. The number of ether oxygens (including phenoxy) is 2. The molecule has 0 saturated heterocycles. The largest absolute Gasteiger partial charge is 0.809 e. The van der Waals surface area contributed by atoms with Crippen molar-refractivity contribution >= 4 is 74.2 Å². The number of sulfonamides is 1. The number of halogens is 3. The Kier molecular flexibility index (Phi) is 12.2. The van der Waals surface area contributed by atoms with Crippen LogP contribution in [-0.2, 0) is 14.6 Å². The zero-order valence-corrected chi connectivity index (χ0v) is 27.2. The lowest BCUT2D eigenvalue weighted by atomic mass is 10.1. The van der Waals surface area contributed by atoms with Gasteiger partial charge in [-0.25, -0.2) is 12.8 Å². The van der Waals surface area contributed by atoms with Gasteiger partial charge in [0, 0.05) is 18.2 Å². The lowest BCUT2D eigenvalue weighted by Crippen LogP contribution is -2.78. The topological polar surface area (TPSA) is 284 Å². The minimum atomic E-state index is -5.75. The molecular weight excluding hydrogens is 697 g/mol. The molecule has 3 aromatic rings. The normalized spacial score (nSPS) is 12.4. The van der Waals surface area contributed by atoms with Crippen molar-refractivity contribution in [3.63, 3.8) is 0 Å². The Balaban J connectivity index is 2.03. The second kappa shape index (κ2) is 15.3. The van der Waals surface area contributed by atoms with E-state index in [0.29, 0.717) is 43.3 Å². The van der Waals surface area contributed by atoms with Crippen molar-refractivity contribution < 1.29 is 46.6 Å². The number of rotatable bonds is 15. The van der Waals surface area contributed by atoms with Gasteiger partial charge in [-0.05, 0) is 31.4 Å². The third kappa shape index (κ3) is 9.31. The van der Waals surface area contributed by atoms with E-state index in [1.165, 1.54) is 0 Å². The van der Waals surface area contributed by atoms with Crippen LogP contribution >= 0.6 is 42.1 Å². The first-order chi connectivity index (χ1) is 21.1. The molecule has 0 aliphatic rings. The number of guanidine groups is 2. The number of hydrogen-bond acceptors (Lipinski definition) is 9. The zero-order chi connectivity index (χ0) is 33.5. The van der Waals surface area contributed by atoms with Gasteiger partial charge in [-0.2, -0.15) is 9.98 Å². The van der Waals surface area contributed by atoms with Crippen molar-refractivity contribution in [1.29, 1.82) is 5.26 Å². The van der Waals surface area contributed by atoms with E-state index in [0.717, 1.165) is 18.2 Å². The van der Waals surface area contributed by atoms with Crippen LogP contribution in [0, 0.1) is 17.1 Å². The Morgan fingerprint density at radius 3 is 2.09 bits per heavy atom. The van der Waals surface area contributed by atoms with Crippen molar-refractivity contribution in [2.75, 3.05) is 26.3 Å². The summed E-state index contributed by atoms with van der Waals surface area (Å²) in [6, 6.07) is 5.11. The van der Waals surface area contributed by atoms with Crippen molar-refractivity contribution in [3.05, 3.63) is 51.3 Å². The second-order valence-corrected chi connectivity index (χ2v) is 14.5. The molecule has 0 fully saturated rings. The molecule has 45 heavy (non-hydrogen) atoms. The molecule has 1 unspecified atom stereocenters. The van der Waals surface area contributed by atoms with E-state index in [1.54, 1.807) is 6.07 Å². The third-order valence-electron chi connectivity index (χ3n) is 5.82. The fourth-order valence-electron chi connectivity index (χ4n) is 3.78. The summed E-state index contributed by atoms with van der Waals surface area (Å²) in [5, 5.41) is 8.93. The molecule has 0 spiro atoms. The lowest BCUT2D eigenvalue weighted by Gasteiger charge is -2.38. The van der Waals surface area contributed by atoms with E-state index in [2.05, 4.69) is 9.98 Å². The third-order valence-corrected chi connectivity index (χ3v) is 11.0. The van der Waals surface area contributed by atoms with Crippen LogP contribution in [0.3, 0.4) is 0 Å². The molecule has 0 saturated carbocycles. The Labute approximate surface area is 270 Å². The van der Waals surface area contributed by atoms with Crippen LogP contribution in [0.25, 0.3) is 10.1 Å². The van der Waals surface area contributed by atoms with Gasteiger partial charge in [0.15, 0.2) is 11.5 Å². The number of nitriles is 1. The monoisotopic (exact) mass is 724 g/mol. The van der Waals surface area contributed by atoms with E-state index in [1.807, 2.05) is 4.72 Å². The van der Waals surface area contributed by atoms with E-state index in [4.69, 9.17) is 60.9 Å². The summed E-state index contributed by atoms with van der Waals surface area (Å²) in [4.78, 5) is 29.6. The molecule has 1 aromatic heterocycles. The fraction of sp³-hybridized carbons (Fsp3) is 0.292. The number of thiophene rings is 1. The van der Waals surface area contributed by atoms with Crippen molar-refractivity contribution in [3.8, 4) is 17.6 Å². The summed E-state index contributed by atoms with van der Waals surface area (Å²) in [5.74, 6) is -3.51. The number of fused-ring (bicyclic) bond motifs is 1. The maximum Gasteiger partial charge on any atom is 0.338 e. The van der Waals surface area contributed by atoms with Crippen LogP contribution in [0.4, 0.5) is 4.39 Å². The van der Waals surface area contributed by atoms with Crippen LogP contribution in [0.5, 0.6) is 11.5 Å². The molecule has 1 atom stereocenters. The first-order valence-corrected chi connectivity index (χ1v) is 17.4. The highest BCUT2D eigenvalue weighted by molar-refractivity contribution is 7.92. The van der Waals surface area contributed by atoms with E-state index < -0.39 is 44.6 Å². The van der Waals surface area contributed by atoms with E-state index in [-0.39, 0.29) is 56.8 Å². The molecule has 21 heteroatoms. The predicted octanol–water partition coefficient (Wildman–Crippen LogP) is -2.64. The maximum atomic E-state index is 14.2. The van der Waals surface area contributed by atoms with Crippen LogP contribution in [-0.4, -0.2) is 46.6 Å². The highest BCUT2D eigenvalue weighted by atomic mass is 35.5. The summed E-state index contributed by atoms with van der Waals surface area (Å²) < 4.78 is 66.3. The van der Waals surface area contributed by atoms with Gasteiger partial charge in [0.05, 0.1) is 47.4 Å². The summed E-state index contributed by atoms with van der Waals surface area (Å²) in [6.45, 7) is 0.881. The predicted molar refractivity (Wildman–Crippen MR) is 162 cm³/mol. The van der Waals surface area contributed by atoms with Crippen LogP contribution in [0.1, 0.15) is 29.8 Å². The molecule has 244 valence electrons. The molecular formula is C24H28Cl2FN8O7PS2. The van der Waals surface area contributed by atoms with Crippen molar-refractivity contribution in [1.82, 2.24) is 4.72 Å². The quantitative estimate of drug-likeness (QED) is 0.0366. The van der Waals surface area contributed by atoms with Gasteiger partial charge in [-0.1, -0.05) is 29.3 Å². The first kappa shape index (κ1) is 36.1. The number of nitrogens with two attached hydrogens (primary N) is 4. The number of benzene rings is 2. The Hall–Kier alpha value is -3.40. The maximum absolute atomic E-state index is 14.2. The Morgan fingerprint density at radius 1 is 1.04 bits per heavy atom. The van der Waals surface area contributed by atoms with Gasteiger partial charge in [-0.15, -0.1) is 11.3 Å². The van der Waals surface area contributed by atoms with Crippen LogP contribution < -0.4 is 56.9 Å². The Morgan fingerprint density at radius 2 is 1.60 bits per heavy atom. The van der Waals surface area contributed by atoms with Crippen molar-refractivity contribution in [2.45, 2.75) is 22.8 Å². The average Bonchev–Trinajstić information content (AvgIpc) is 3.41. The summed E-state index contributed by atoms with van der Waals surface area (Å²) in [6.07, 6.45) is 0.822. The van der Waals surface area contributed by atoms with Gasteiger partial charge >= 0.3 is 11.9 Å². The molecule has 1 heterocycles. The smallest absolute Gasteiger partial charge is 0.338 e. The zero-order valence-electron chi connectivity index (χ0n) is 23.1. The minimum Gasteiger partial charge on any atom is -0.809 e. The summed E-state index contributed by atoms with van der Waals surface area (Å²) in [7, 11) is -10.5. The minimum absolute atomic E-state index is 0.000913. The van der Waals surface area contributed by atoms with Gasteiger partial charge in [0.2, 0.25) is 0 Å². The highest BCUT2D eigenvalue weighted by Crippen LogP contribution is 2.51. The molecule has 0 aliphatic heterocycles. The first-order valence-electron chi connectivity index (χ1n) is 12.7. The van der Waals surface area contributed by atoms with Gasteiger partial charge < -0.3 is 23.8 Å². The van der Waals surface area contributed by atoms with E-state index in [9.17, 15) is 27.2 Å². The standard InChI is InChI=1S/C24H28Cl2FN8O7PS2/c25-17-14-10-16(45(39,40)35-22(43(36,37)38)12-3-4-13(11-28)15(27)9-12)44-21(14)18(26)20(42-8-2-6-34-24(31)32)19(17)41-7-1-5-33-23(29)30/h3-4,9-10,22,35H,1-2,5-8H2,(H4,29,30,33)(H4,31,32,34)(H2,36,37,38). The van der Waals surface area contributed by atoms with Gasteiger partial charge in [-0.3, -0.25) is 32.9 Å². The van der Waals surface area contributed by atoms with Crippen molar-refractivity contribution in [2.24, 2.45) is 22.9 Å². The van der Waals surface area contributed by atoms with E-state index >= 15 is 0 Å². The highest BCUT2D eigenvalue weighted by Gasteiger charge is 2.29.